The van der Waals surface area contributed by atoms with Crippen molar-refractivity contribution >= 4 is 11.8 Å². The van der Waals surface area contributed by atoms with Gasteiger partial charge in [0.05, 0.1) is 0 Å². The molecule has 1 aromatic carbocycles. The second kappa shape index (κ2) is 6.55. The lowest BCUT2D eigenvalue weighted by Crippen LogP contribution is -2.62. The minimum atomic E-state index is -0.411. The maximum absolute atomic E-state index is 12.3. The van der Waals surface area contributed by atoms with E-state index in [0.29, 0.717) is 6.54 Å². The molecule has 4 nitrogen and oxygen atoms in total. The van der Waals surface area contributed by atoms with Crippen LogP contribution in [-0.4, -0.2) is 35.3 Å². The molecule has 0 radical (unpaired) electrons. The van der Waals surface area contributed by atoms with Crippen LogP contribution in [0.25, 0.3) is 0 Å². The van der Waals surface area contributed by atoms with Crippen LogP contribution < -0.4 is 5.32 Å². The van der Waals surface area contributed by atoms with E-state index in [4.69, 9.17) is 0 Å². The van der Waals surface area contributed by atoms with Gasteiger partial charge in [0.15, 0.2) is 0 Å². The third-order valence-electron chi connectivity index (χ3n) is 3.74. The molecule has 20 heavy (non-hydrogen) atoms. The first-order chi connectivity index (χ1) is 9.63. The molecule has 1 fully saturated rings. The van der Waals surface area contributed by atoms with E-state index >= 15 is 0 Å². The summed E-state index contributed by atoms with van der Waals surface area (Å²) in [6, 6.07) is 9.34. The summed E-state index contributed by atoms with van der Waals surface area (Å²) in [7, 11) is 0. The molecular formula is C16H22N2O2. The molecule has 0 saturated carbocycles. The lowest BCUT2D eigenvalue weighted by atomic mass is 10.0. The van der Waals surface area contributed by atoms with Crippen LogP contribution >= 0.6 is 0 Å². The molecule has 2 unspecified atom stereocenters. The number of hydrogen-bond donors (Lipinski definition) is 1. The second-order valence-corrected chi connectivity index (χ2v) is 5.30. The van der Waals surface area contributed by atoms with Gasteiger partial charge in [0.25, 0.3) is 0 Å². The number of benzene rings is 1. The molecule has 2 amide bonds. The van der Waals surface area contributed by atoms with Gasteiger partial charge in [-0.25, -0.2) is 0 Å². The van der Waals surface area contributed by atoms with E-state index in [0.717, 1.165) is 19.3 Å². The summed E-state index contributed by atoms with van der Waals surface area (Å²) in [6.07, 6.45) is 2.40. The van der Waals surface area contributed by atoms with Crippen molar-refractivity contribution in [2.24, 2.45) is 0 Å². The minimum Gasteiger partial charge on any atom is -0.343 e. The molecule has 1 heterocycles. The third-order valence-corrected chi connectivity index (χ3v) is 3.74. The fourth-order valence-corrected chi connectivity index (χ4v) is 2.64. The van der Waals surface area contributed by atoms with Crippen LogP contribution in [0.1, 0.15) is 32.3 Å². The highest BCUT2D eigenvalue weighted by Gasteiger charge is 2.37. The Hall–Kier alpha value is -1.84. The van der Waals surface area contributed by atoms with E-state index in [-0.39, 0.29) is 17.9 Å². The number of carbonyl (C=O) groups is 2. The van der Waals surface area contributed by atoms with Gasteiger partial charge in [-0.15, -0.1) is 0 Å². The SMILES string of the molecule is CCCC1C(=O)NC(C)C(=O)N1CCc1ccccc1. The molecule has 1 saturated heterocycles. The minimum absolute atomic E-state index is 0.0213. The molecule has 0 spiro atoms. The van der Waals surface area contributed by atoms with Gasteiger partial charge >= 0.3 is 0 Å². The number of piperazine rings is 1. The van der Waals surface area contributed by atoms with Crippen LogP contribution in [0.4, 0.5) is 0 Å². The first-order valence-electron chi connectivity index (χ1n) is 7.28. The fraction of sp³-hybridized carbons (Fsp3) is 0.500. The maximum atomic E-state index is 12.3. The Bertz CT molecular complexity index is 473. The first-order valence-corrected chi connectivity index (χ1v) is 7.28. The predicted molar refractivity (Wildman–Crippen MR) is 78.2 cm³/mol. The number of hydrogen-bond acceptors (Lipinski definition) is 2. The Morgan fingerprint density at radius 1 is 1.20 bits per heavy atom. The van der Waals surface area contributed by atoms with Gasteiger partial charge in [0, 0.05) is 6.54 Å². The molecule has 0 aromatic heterocycles. The van der Waals surface area contributed by atoms with Gasteiger partial charge < -0.3 is 10.2 Å². The van der Waals surface area contributed by atoms with Gasteiger partial charge in [0.2, 0.25) is 11.8 Å². The average molecular weight is 274 g/mol. The Kier molecular flexibility index (Phi) is 4.77. The largest absolute Gasteiger partial charge is 0.343 e. The van der Waals surface area contributed by atoms with Gasteiger partial charge in [-0.1, -0.05) is 43.7 Å². The molecule has 2 atom stereocenters. The van der Waals surface area contributed by atoms with E-state index < -0.39 is 6.04 Å². The van der Waals surface area contributed by atoms with Gasteiger partial charge in [-0.3, -0.25) is 9.59 Å². The van der Waals surface area contributed by atoms with E-state index in [2.05, 4.69) is 5.32 Å². The van der Waals surface area contributed by atoms with E-state index in [1.807, 2.05) is 37.3 Å². The number of carbonyl (C=O) groups excluding carboxylic acids is 2. The van der Waals surface area contributed by atoms with Crippen molar-refractivity contribution in [3.05, 3.63) is 35.9 Å². The quantitative estimate of drug-likeness (QED) is 0.889. The van der Waals surface area contributed by atoms with Crippen molar-refractivity contribution in [1.29, 1.82) is 0 Å². The Balaban J connectivity index is 2.07. The molecule has 108 valence electrons. The topological polar surface area (TPSA) is 49.4 Å². The second-order valence-electron chi connectivity index (χ2n) is 5.30. The Morgan fingerprint density at radius 2 is 1.90 bits per heavy atom. The number of nitrogens with one attached hydrogen (secondary N) is 1. The number of nitrogens with zero attached hydrogens (tertiary/aromatic N) is 1. The highest BCUT2D eigenvalue weighted by Crippen LogP contribution is 2.15. The summed E-state index contributed by atoms with van der Waals surface area (Å²) in [4.78, 5) is 26.1. The predicted octanol–water partition coefficient (Wildman–Crippen LogP) is 1.74. The van der Waals surface area contributed by atoms with Crippen molar-refractivity contribution in [2.45, 2.75) is 45.2 Å². The number of rotatable bonds is 5. The van der Waals surface area contributed by atoms with Crippen molar-refractivity contribution in [2.75, 3.05) is 6.54 Å². The normalized spacial score (nSPS) is 22.8. The average Bonchev–Trinajstić information content (AvgIpc) is 2.45. The summed E-state index contributed by atoms with van der Waals surface area (Å²) in [5.74, 6) is 0.00555. The van der Waals surface area contributed by atoms with Crippen LogP contribution in [0.5, 0.6) is 0 Å². The monoisotopic (exact) mass is 274 g/mol. The van der Waals surface area contributed by atoms with Gasteiger partial charge in [-0.2, -0.15) is 0 Å². The molecule has 1 aliphatic heterocycles. The molecular weight excluding hydrogens is 252 g/mol. The molecule has 0 aliphatic carbocycles. The zero-order valence-corrected chi connectivity index (χ0v) is 12.1. The van der Waals surface area contributed by atoms with Crippen LogP contribution in [0.2, 0.25) is 0 Å². The fourth-order valence-electron chi connectivity index (χ4n) is 2.64. The zero-order chi connectivity index (χ0) is 14.5. The lowest BCUT2D eigenvalue weighted by Gasteiger charge is -2.38. The molecule has 4 heteroatoms. The highest BCUT2D eigenvalue weighted by atomic mass is 16.2. The molecule has 0 bridgehead atoms. The lowest BCUT2D eigenvalue weighted by molar-refractivity contribution is -0.149. The summed E-state index contributed by atoms with van der Waals surface area (Å²) in [6.45, 7) is 4.38. The summed E-state index contributed by atoms with van der Waals surface area (Å²) in [5.41, 5.74) is 1.19. The van der Waals surface area contributed by atoms with E-state index in [1.54, 1.807) is 11.8 Å². The number of amides is 2. The Morgan fingerprint density at radius 3 is 2.55 bits per heavy atom. The standard InChI is InChI=1S/C16H22N2O2/c1-3-7-14-15(19)17-12(2)16(20)18(14)11-10-13-8-5-4-6-9-13/h4-6,8-9,12,14H,3,7,10-11H2,1-2H3,(H,17,19). The van der Waals surface area contributed by atoms with Gasteiger partial charge in [-0.05, 0) is 25.3 Å². The first kappa shape index (κ1) is 14.6. The molecule has 1 N–H and O–H groups in total. The van der Waals surface area contributed by atoms with Crippen molar-refractivity contribution in [3.8, 4) is 0 Å². The Labute approximate surface area is 120 Å². The summed E-state index contributed by atoms with van der Waals surface area (Å²) >= 11 is 0. The maximum Gasteiger partial charge on any atom is 0.245 e. The summed E-state index contributed by atoms with van der Waals surface area (Å²) in [5, 5.41) is 2.76. The molecule has 2 rings (SSSR count). The van der Waals surface area contributed by atoms with Crippen molar-refractivity contribution in [3.63, 3.8) is 0 Å². The van der Waals surface area contributed by atoms with Crippen LogP contribution in [0.15, 0.2) is 30.3 Å². The van der Waals surface area contributed by atoms with E-state index in [9.17, 15) is 9.59 Å². The van der Waals surface area contributed by atoms with Crippen LogP contribution in [-0.2, 0) is 16.0 Å². The van der Waals surface area contributed by atoms with Crippen LogP contribution in [0, 0.1) is 0 Å². The van der Waals surface area contributed by atoms with Crippen molar-refractivity contribution < 1.29 is 9.59 Å². The van der Waals surface area contributed by atoms with E-state index in [1.165, 1.54) is 5.56 Å². The van der Waals surface area contributed by atoms with Crippen LogP contribution in [0.3, 0.4) is 0 Å². The highest BCUT2D eigenvalue weighted by molar-refractivity contribution is 5.96. The van der Waals surface area contributed by atoms with Gasteiger partial charge in [0.1, 0.15) is 12.1 Å². The zero-order valence-electron chi connectivity index (χ0n) is 12.1. The molecule has 1 aliphatic rings. The smallest absolute Gasteiger partial charge is 0.245 e. The third kappa shape index (κ3) is 3.18. The summed E-state index contributed by atoms with van der Waals surface area (Å²) < 4.78 is 0. The van der Waals surface area contributed by atoms with Crippen molar-refractivity contribution in [1.82, 2.24) is 10.2 Å². The molecule has 1 aromatic rings.